The molecule has 1 heteroatoms. The Hall–Kier alpha value is 0.430. The molecule has 0 spiro atoms. The lowest BCUT2D eigenvalue weighted by Crippen LogP contribution is -2.30. The maximum absolute atomic E-state index is 2.43. The summed E-state index contributed by atoms with van der Waals surface area (Å²) in [5.74, 6) is 2.12. The van der Waals surface area contributed by atoms with Gasteiger partial charge in [0.2, 0.25) is 0 Å². The minimum Gasteiger partial charge on any atom is -0.119 e. The molecule has 4 unspecified atom stereocenters. The van der Waals surface area contributed by atoms with Crippen LogP contribution >= 0.6 is 8.58 Å². The largest absolute Gasteiger partial charge is 0.119 e. The van der Waals surface area contributed by atoms with Crippen LogP contribution in [0.15, 0.2) is 0 Å². The summed E-state index contributed by atoms with van der Waals surface area (Å²) in [5.41, 5.74) is 1.02. The zero-order chi connectivity index (χ0) is 7.56. The Morgan fingerprint density at radius 3 is 2.50 bits per heavy atom. The lowest BCUT2D eigenvalue weighted by molar-refractivity contribution is 0.196. The molecule has 1 aliphatic carbocycles. The lowest BCUT2D eigenvalue weighted by atomic mass is 9.73. The van der Waals surface area contributed by atoms with Gasteiger partial charge in [0.05, 0.1) is 0 Å². The van der Waals surface area contributed by atoms with Crippen molar-refractivity contribution in [1.82, 2.24) is 0 Å². The van der Waals surface area contributed by atoms with Gasteiger partial charge in [-0.3, -0.25) is 0 Å². The van der Waals surface area contributed by atoms with E-state index >= 15 is 0 Å². The average Bonchev–Trinajstić information content (AvgIpc) is 1.85. The highest BCUT2D eigenvalue weighted by Gasteiger charge is 2.30. The maximum Gasteiger partial charge on any atom is -0.0234 e. The number of hydrogen-bond donors (Lipinski definition) is 0. The minimum absolute atomic E-state index is 1.02. The Morgan fingerprint density at radius 1 is 1.50 bits per heavy atom. The van der Waals surface area contributed by atoms with Crippen molar-refractivity contribution in [2.45, 2.75) is 39.3 Å². The predicted octanol–water partition coefficient (Wildman–Crippen LogP) is 3.12. The topological polar surface area (TPSA) is 0 Å². The van der Waals surface area contributed by atoms with Crippen LogP contribution in [0.25, 0.3) is 0 Å². The van der Waals surface area contributed by atoms with Crippen LogP contribution in [0.1, 0.15) is 33.6 Å². The molecular formula is C9H19P. The molecule has 1 fully saturated rings. The van der Waals surface area contributed by atoms with E-state index in [4.69, 9.17) is 0 Å². The van der Waals surface area contributed by atoms with Gasteiger partial charge < -0.3 is 0 Å². The zero-order valence-corrected chi connectivity index (χ0v) is 8.35. The summed E-state index contributed by atoms with van der Waals surface area (Å²) in [6.45, 7) is 7.14. The van der Waals surface area contributed by atoms with E-state index in [0.717, 1.165) is 17.5 Å². The number of rotatable bonds is 3. The fourth-order valence-electron chi connectivity index (χ4n) is 1.91. The van der Waals surface area contributed by atoms with Gasteiger partial charge in [0.15, 0.2) is 0 Å². The highest BCUT2D eigenvalue weighted by molar-refractivity contribution is 7.38. The summed E-state index contributed by atoms with van der Waals surface area (Å²) in [6.07, 6.45) is 4.39. The Morgan fingerprint density at radius 2 is 2.20 bits per heavy atom. The van der Waals surface area contributed by atoms with E-state index in [1.165, 1.54) is 27.6 Å². The van der Waals surface area contributed by atoms with Crippen molar-refractivity contribution in [2.24, 2.45) is 11.8 Å². The molecule has 0 aliphatic heterocycles. The first-order chi connectivity index (χ1) is 4.75. The van der Waals surface area contributed by atoms with Gasteiger partial charge in [-0.15, -0.1) is 8.58 Å². The van der Waals surface area contributed by atoms with Crippen LogP contribution in [0.5, 0.6) is 0 Å². The summed E-state index contributed by atoms with van der Waals surface area (Å²) in [6, 6.07) is 0. The van der Waals surface area contributed by atoms with Crippen molar-refractivity contribution in [3.8, 4) is 0 Å². The van der Waals surface area contributed by atoms with Crippen LogP contribution in [0.3, 0.4) is 0 Å². The molecule has 0 saturated heterocycles. The summed E-state index contributed by atoms with van der Waals surface area (Å²) in [7, 11) is 1.21. The molecule has 0 aromatic rings. The Kier molecular flexibility index (Phi) is 3.17. The van der Waals surface area contributed by atoms with E-state index in [2.05, 4.69) is 20.8 Å². The second-order valence-corrected chi connectivity index (χ2v) is 5.59. The van der Waals surface area contributed by atoms with E-state index in [-0.39, 0.29) is 0 Å². The highest BCUT2D eigenvalue weighted by atomic mass is 31.1. The standard InChI is InChI=1S/C9H19P/c1-4-10-8(3)9-6-5-7(9)2/h7-10H,4-6H2,1-3H3. The molecule has 0 aromatic carbocycles. The van der Waals surface area contributed by atoms with E-state index in [1.807, 2.05) is 0 Å². The SMILES string of the molecule is CCPC(C)C1CCC1C. The molecule has 0 amide bonds. The van der Waals surface area contributed by atoms with E-state index in [1.54, 1.807) is 0 Å². The summed E-state index contributed by atoms with van der Waals surface area (Å²) < 4.78 is 0. The van der Waals surface area contributed by atoms with Crippen LogP contribution in [0.4, 0.5) is 0 Å². The molecule has 1 aliphatic rings. The van der Waals surface area contributed by atoms with E-state index in [0.29, 0.717) is 0 Å². The van der Waals surface area contributed by atoms with Crippen molar-refractivity contribution < 1.29 is 0 Å². The van der Waals surface area contributed by atoms with Gasteiger partial charge in [0, 0.05) is 0 Å². The highest BCUT2D eigenvalue weighted by Crippen LogP contribution is 2.42. The third-order valence-electron chi connectivity index (χ3n) is 2.85. The third-order valence-corrected chi connectivity index (χ3v) is 4.33. The Labute approximate surface area is 66.6 Å². The quantitative estimate of drug-likeness (QED) is 0.553. The first kappa shape index (κ1) is 8.53. The molecule has 0 bridgehead atoms. The van der Waals surface area contributed by atoms with Crippen molar-refractivity contribution in [1.29, 1.82) is 0 Å². The second kappa shape index (κ2) is 3.72. The summed E-state index contributed by atoms with van der Waals surface area (Å²) in [5, 5.41) is 0. The van der Waals surface area contributed by atoms with Gasteiger partial charge in [0.25, 0.3) is 0 Å². The average molecular weight is 158 g/mol. The predicted molar refractivity (Wildman–Crippen MR) is 50.2 cm³/mol. The normalized spacial score (nSPS) is 36.3. The molecule has 1 rings (SSSR count). The third kappa shape index (κ3) is 1.72. The van der Waals surface area contributed by atoms with E-state index < -0.39 is 0 Å². The monoisotopic (exact) mass is 158 g/mol. The van der Waals surface area contributed by atoms with Crippen molar-refractivity contribution in [3.05, 3.63) is 0 Å². The van der Waals surface area contributed by atoms with Gasteiger partial charge in [-0.25, -0.2) is 0 Å². The molecule has 0 nitrogen and oxygen atoms in total. The molecule has 0 aromatic heterocycles. The molecule has 60 valence electrons. The van der Waals surface area contributed by atoms with Crippen LogP contribution in [-0.2, 0) is 0 Å². The Balaban J connectivity index is 2.20. The Bertz CT molecular complexity index is 101. The van der Waals surface area contributed by atoms with Crippen molar-refractivity contribution >= 4 is 8.58 Å². The minimum atomic E-state index is 1.02. The molecule has 4 atom stereocenters. The van der Waals surface area contributed by atoms with Crippen molar-refractivity contribution in [3.63, 3.8) is 0 Å². The lowest BCUT2D eigenvalue weighted by Gasteiger charge is -2.38. The summed E-state index contributed by atoms with van der Waals surface area (Å²) in [4.78, 5) is 0. The first-order valence-electron chi connectivity index (χ1n) is 4.49. The first-order valence-corrected chi connectivity index (χ1v) is 5.77. The smallest absolute Gasteiger partial charge is 0.0234 e. The summed E-state index contributed by atoms with van der Waals surface area (Å²) >= 11 is 0. The molecular weight excluding hydrogens is 139 g/mol. The van der Waals surface area contributed by atoms with Crippen molar-refractivity contribution in [2.75, 3.05) is 6.16 Å². The van der Waals surface area contributed by atoms with Gasteiger partial charge in [-0.1, -0.05) is 27.2 Å². The van der Waals surface area contributed by atoms with E-state index in [9.17, 15) is 0 Å². The number of hydrogen-bond acceptors (Lipinski definition) is 0. The van der Waals surface area contributed by atoms with Gasteiger partial charge in [0.1, 0.15) is 0 Å². The molecule has 0 radical (unpaired) electrons. The maximum atomic E-state index is 2.43. The molecule has 0 heterocycles. The van der Waals surface area contributed by atoms with Gasteiger partial charge >= 0.3 is 0 Å². The van der Waals surface area contributed by atoms with Crippen LogP contribution in [0, 0.1) is 11.8 Å². The van der Waals surface area contributed by atoms with Crippen LogP contribution < -0.4 is 0 Å². The zero-order valence-electron chi connectivity index (χ0n) is 7.35. The molecule has 0 N–H and O–H groups in total. The fourth-order valence-corrected chi connectivity index (χ4v) is 3.35. The van der Waals surface area contributed by atoms with Crippen LogP contribution in [-0.4, -0.2) is 11.8 Å². The van der Waals surface area contributed by atoms with Gasteiger partial charge in [-0.2, -0.15) is 0 Å². The van der Waals surface area contributed by atoms with Gasteiger partial charge in [-0.05, 0) is 30.1 Å². The van der Waals surface area contributed by atoms with Crippen LogP contribution in [0.2, 0.25) is 0 Å². The molecule has 10 heavy (non-hydrogen) atoms. The second-order valence-electron chi connectivity index (χ2n) is 3.56. The molecule has 1 saturated carbocycles. The fraction of sp³-hybridized carbons (Fsp3) is 1.00.